The highest BCUT2D eigenvalue weighted by atomic mass is 16.5. The van der Waals surface area contributed by atoms with E-state index in [0.717, 1.165) is 29.8 Å². The van der Waals surface area contributed by atoms with Gasteiger partial charge in [-0.1, -0.05) is 60.7 Å². The van der Waals surface area contributed by atoms with Crippen molar-refractivity contribution in [2.45, 2.75) is 37.4 Å². The number of piperidine rings is 1. The van der Waals surface area contributed by atoms with Gasteiger partial charge >= 0.3 is 6.03 Å². The summed E-state index contributed by atoms with van der Waals surface area (Å²) in [7, 11) is 1.60. The Kier molecular flexibility index (Phi) is 7.93. The van der Waals surface area contributed by atoms with Gasteiger partial charge in [0, 0.05) is 25.2 Å². The number of rotatable bonds is 9. The topological polar surface area (TPSA) is 91.0 Å². The number of imide groups is 1. The number of benzene rings is 3. The maximum Gasteiger partial charge on any atom is 0.325 e. The van der Waals surface area contributed by atoms with Gasteiger partial charge in [0.2, 0.25) is 0 Å². The summed E-state index contributed by atoms with van der Waals surface area (Å²) in [5.74, 6) is 0.479. The number of carbonyl (C=O) groups is 3. The Balaban J connectivity index is 1.18. The molecule has 1 atom stereocenters. The first kappa shape index (κ1) is 26.4. The van der Waals surface area contributed by atoms with Gasteiger partial charge in [-0.2, -0.15) is 0 Å². The standard InChI is InChI=1S/C31H34N4O4/c1-39-26-14-12-23(13-15-26)22-35-29(37)31(33-30(35)38)17-20-34(21-18-31)19-16-27(24-8-4-2-5-9-24)32-28(36)25-10-6-3-7-11-25/h2-15,27H,16-22H2,1H3,(H,32,36)(H,33,38)/t27-/m0/s1. The van der Waals surface area contributed by atoms with Gasteiger partial charge in [-0.25, -0.2) is 4.79 Å². The lowest BCUT2D eigenvalue weighted by molar-refractivity contribution is -0.133. The molecule has 2 N–H and O–H groups in total. The Hall–Kier alpha value is -4.17. The summed E-state index contributed by atoms with van der Waals surface area (Å²) >= 11 is 0. The molecule has 0 saturated carbocycles. The number of nitrogens with zero attached hydrogens (tertiary/aromatic N) is 2. The third kappa shape index (κ3) is 5.96. The zero-order valence-corrected chi connectivity index (χ0v) is 22.1. The molecule has 2 heterocycles. The molecule has 0 radical (unpaired) electrons. The Morgan fingerprint density at radius 2 is 1.59 bits per heavy atom. The Labute approximate surface area is 228 Å². The second kappa shape index (κ2) is 11.7. The fourth-order valence-corrected chi connectivity index (χ4v) is 5.38. The number of urea groups is 1. The van der Waals surface area contributed by atoms with Crippen LogP contribution in [0.5, 0.6) is 5.75 Å². The Morgan fingerprint density at radius 1 is 0.949 bits per heavy atom. The number of amides is 4. The molecule has 2 saturated heterocycles. The molecule has 202 valence electrons. The average Bonchev–Trinajstić information content (AvgIpc) is 3.21. The summed E-state index contributed by atoms with van der Waals surface area (Å²) in [5, 5.41) is 6.19. The molecule has 5 rings (SSSR count). The molecule has 2 aliphatic heterocycles. The van der Waals surface area contributed by atoms with Crippen molar-refractivity contribution in [2.75, 3.05) is 26.7 Å². The summed E-state index contributed by atoms with van der Waals surface area (Å²) in [6.07, 6.45) is 1.85. The Morgan fingerprint density at radius 3 is 2.23 bits per heavy atom. The monoisotopic (exact) mass is 526 g/mol. The molecule has 0 unspecified atom stereocenters. The predicted molar refractivity (Wildman–Crippen MR) is 148 cm³/mol. The lowest BCUT2D eigenvalue weighted by Gasteiger charge is -2.37. The van der Waals surface area contributed by atoms with Gasteiger partial charge < -0.3 is 20.3 Å². The van der Waals surface area contributed by atoms with E-state index in [2.05, 4.69) is 15.5 Å². The second-order valence-electron chi connectivity index (χ2n) is 10.2. The third-order valence-electron chi connectivity index (χ3n) is 7.73. The number of likely N-dealkylation sites (tertiary alicyclic amines) is 1. The molecule has 39 heavy (non-hydrogen) atoms. The molecule has 0 aromatic heterocycles. The van der Waals surface area contributed by atoms with Crippen molar-refractivity contribution < 1.29 is 19.1 Å². The van der Waals surface area contributed by atoms with Crippen molar-refractivity contribution in [3.8, 4) is 5.75 Å². The van der Waals surface area contributed by atoms with Crippen molar-refractivity contribution in [1.29, 1.82) is 0 Å². The summed E-state index contributed by atoms with van der Waals surface area (Å²) in [5.41, 5.74) is 1.72. The first-order chi connectivity index (χ1) is 19.0. The van der Waals surface area contributed by atoms with Crippen molar-refractivity contribution in [3.05, 3.63) is 102 Å². The van der Waals surface area contributed by atoms with Crippen LogP contribution in [0.15, 0.2) is 84.9 Å². The molecule has 8 heteroatoms. The average molecular weight is 527 g/mol. The molecule has 2 aliphatic rings. The van der Waals surface area contributed by atoms with E-state index in [1.54, 1.807) is 7.11 Å². The molecule has 0 bridgehead atoms. The molecule has 0 aliphatic carbocycles. The molecule has 2 fully saturated rings. The third-order valence-corrected chi connectivity index (χ3v) is 7.73. The zero-order valence-electron chi connectivity index (χ0n) is 22.1. The highest BCUT2D eigenvalue weighted by molar-refractivity contribution is 6.07. The van der Waals surface area contributed by atoms with E-state index in [9.17, 15) is 14.4 Å². The fraction of sp³-hybridized carbons (Fsp3) is 0.323. The number of ether oxygens (including phenoxy) is 1. The number of hydrogen-bond acceptors (Lipinski definition) is 5. The normalized spacial score (nSPS) is 17.6. The van der Waals surface area contributed by atoms with Crippen LogP contribution >= 0.6 is 0 Å². The minimum Gasteiger partial charge on any atom is -0.497 e. The van der Waals surface area contributed by atoms with Gasteiger partial charge in [-0.15, -0.1) is 0 Å². The van der Waals surface area contributed by atoms with Crippen LogP contribution in [0.1, 0.15) is 46.8 Å². The van der Waals surface area contributed by atoms with E-state index in [0.29, 0.717) is 31.5 Å². The maximum atomic E-state index is 13.4. The minimum atomic E-state index is -0.847. The minimum absolute atomic E-state index is 0.0988. The van der Waals surface area contributed by atoms with Crippen molar-refractivity contribution >= 4 is 17.8 Å². The number of methoxy groups -OCH3 is 1. The lowest BCUT2D eigenvalue weighted by Crippen LogP contribution is -2.55. The Bertz CT molecular complexity index is 1290. The van der Waals surface area contributed by atoms with Gasteiger partial charge in [0.05, 0.1) is 19.7 Å². The molecule has 4 amide bonds. The van der Waals surface area contributed by atoms with Crippen LogP contribution in [0.25, 0.3) is 0 Å². The van der Waals surface area contributed by atoms with Gasteiger partial charge in [-0.05, 0) is 54.7 Å². The van der Waals surface area contributed by atoms with E-state index >= 15 is 0 Å². The van der Waals surface area contributed by atoms with Crippen LogP contribution < -0.4 is 15.4 Å². The van der Waals surface area contributed by atoms with Gasteiger partial charge in [0.1, 0.15) is 11.3 Å². The van der Waals surface area contributed by atoms with E-state index < -0.39 is 5.54 Å². The molecule has 3 aromatic carbocycles. The molecular formula is C31H34N4O4. The van der Waals surface area contributed by atoms with E-state index in [4.69, 9.17) is 4.74 Å². The van der Waals surface area contributed by atoms with Crippen molar-refractivity contribution in [2.24, 2.45) is 0 Å². The lowest BCUT2D eigenvalue weighted by atomic mass is 9.87. The van der Waals surface area contributed by atoms with E-state index in [1.165, 1.54) is 4.90 Å². The molecule has 1 spiro atoms. The first-order valence-electron chi connectivity index (χ1n) is 13.4. The van der Waals surface area contributed by atoms with Gasteiger partial charge in [0.15, 0.2) is 0 Å². The van der Waals surface area contributed by atoms with Crippen molar-refractivity contribution in [3.63, 3.8) is 0 Å². The number of nitrogens with one attached hydrogen (secondary N) is 2. The van der Waals surface area contributed by atoms with Crippen molar-refractivity contribution in [1.82, 2.24) is 20.4 Å². The quantitative estimate of drug-likeness (QED) is 0.409. The van der Waals surface area contributed by atoms with Gasteiger partial charge in [0.25, 0.3) is 11.8 Å². The van der Waals surface area contributed by atoms with Gasteiger partial charge in [-0.3, -0.25) is 14.5 Å². The molecular weight excluding hydrogens is 492 g/mol. The van der Waals surface area contributed by atoms with Crippen LogP contribution in [0.4, 0.5) is 4.79 Å². The summed E-state index contributed by atoms with van der Waals surface area (Å²) in [6.45, 7) is 2.38. The zero-order chi connectivity index (χ0) is 27.2. The summed E-state index contributed by atoms with van der Waals surface area (Å²) < 4.78 is 5.20. The van der Waals surface area contributed by atoms with Crippen LogP contribution in [-0.4, -0.2) is 59.9 Å². The molecule has 3 aromatic rings. The fourth-order valence-electron chi connectivity index (χ4n) is 5.38. The van der Waals surface area contributed by atoms with Crippen LogP contribution in [0.2, 0.25) is 0 Å². The SMILES string of the molecule is COc1ccc(CN2C(=O)NC3(CCN(CC[C@H](NC(=O)c4ccccc4)c4ccccc4)CC3)C2=O)cc1. The number of carbonyl (C=O) groups excluding carboxylic acids is 3. The highest BCUT2D eigenvalue weighted by Crippen LogP contribution is 2.31. The van der Waals surface area contributed by atoms with E-state index in [-0.39, 0.29) is 30.4 Å². The predicted octanol–water partition coefficient (Wildman–Crippen LogP) is 4.14. The molecule has 8 nitrogen and oxygen atoms in total. The summed E-state index contributed by atoms with van der Waals surface area (Å²) in [6, 6.07) is 26.1. The maximum absolute atomic E-state index is 13.4. The largest absolute Gasteiger partial charge is 0.497 e. The van der Waals surface area contributed by atoms with Crippen LogP contribution in [0, 0.1) is 0 Å². The van der Waals surface area contributed by atoms with Crippen LogP contribution in [-0.2, 0) is 11.3 Å². The number of hydrogen-bond donors (Lipinski definition) is 2. The van der Waals surface area contributed by atoms with Crippen LogP contribution in [0.3, 0.4) is 0 Å². The summed E-state index contributed by atoms with van der Waals surface area (Å²) in [4.78, 5) is 42.7. The highest BCUT2D eigenvalue weighted by Gasteiger charge is 2.52. The first-order valence-corrected chi connectivity index (χ1v) is 13.4. The second-order valence-corrected chi connectivity index (χ2v) is 10.2. The smallest absolute Gasteiger partial charge is 0.325 e. The van der Waals surface area contributed by atoms with E-state index in [1.807, 2.05) is 84.9 Å².